The molecule has 170 valence electrons. The van der Waals surface area contributed by atoms with Gasteiger partial charge in [0.2, 0.25) is 5.88 Å². The van der Waals surface area contributed by atoms with Crippen molar-refractivity contribution in [2.45, 2.75) is 41.9 Å². The molecule has 1 fully saturated rings. The van der Waals surface area contributed by atoms with Gasteiger partial charge in [0.15, 0.2) is 9.84 Å². The molecular formula is C20H23N5O4S3. The third-order valence-electron chi connectivity index (χ3n) is 4.85. The number of nitrogens with one attached hydrogen (secondary N) is 3. The molecule has 2 atom stereocenters. The fourth-order valence-electron chi connectivity index (χ4n) is 3.31. The van der Waals surface area contributed by atoms with E-state index in [0.717, 1.165) is 19.4 Å². The van der Waals surface area contributed by atoms with Gasteiger partial charge in [0.1, 0.15) is 32.7 Å². The highest BCUT2D eigenvalue weighted by Gasteiger charge is 2.23. The summed E-state index contributed by atoms with van der Waals surface area (Å²) in [5.74, 6) is 0.828. The van der Waals surface area contributed by atoms with Crippen LogP contribution in [0.25, 0.3) is 0 Å². The molecule has 0 radical (unpaired) electrons. The van der Waals surface area contributed by atoms with E-state index in [0.29, 0.717) is 27.0 Å². The average molecular weight is 494 g/mol. The number of hydrogen-bond donors (Lipinski definition) is 3. The number of carbonyl (C=O) groups is 1. The van der Waals surface area contributed by atoms with Crippen LogP contribution in [0.1, 0.15) is 24.8 Å². The number of hydrogen-bond acceptors (Lipinski definition) is 9. The molecule has 2 unspecified atom stereocenters. The molecule has 2 amide bonds. The molecule has 1 aliphatic heterocycles. The SMILES string of the molecule is CC(Oc1cccc(NC(=O)Nc2csc(CS(=O)(=O)c3cccs3)n2)n1)C1CCCN1. The first-order chi connectivity index (χ1) is 15.4. The minimum absolute atomic E-state index is 0.0343. The quantitative estimate of drug-likeness (QED) is 0.437. The fourth-order valence-corrected chi connectivity index (χ4v) is 6.75. The molecule has 0 aromatic carbocycles. The van der Waals surface area contributed by atoms with Crippen molar-refractivity contribution in [1.29, 1.82) is 0 Å². The van der Waals surface area contributed by atoms with Crippen LogP contribution in [-0.2, 0) is 15.6 Å². The van der Waals surface area contributed by atoms with Crippen molar-refractivity contribution in [3.8, 4) is 5.88 Å². The van der Waals surface area contributed by atoms with Crippen LogP contribution in [0.15, 0.2) is 45.3 Å². The second kappa shape index (κ2) is 9.94. The maximum absolute atomic E-state index is 12.4. The van der Waals surface area contributed by atoms with E-state index >= 15 is 0 Å². The van der Waals surface area contributed by atoms with E-state index in [1.54, 1.807) is 41.1 Å². The number of amides is 2. The van der Waals surface area contributed by atoms with Crippen LogP contribution in [0.5, 0.6) is 5.88 Å². The Morgan fingerprint density at radius 1 is 1.22 bits per heavy atom. The first-order valence-electron chi connectivity index (χ1n) is 10.0. The third-order valence-corrected chi connectivity index (χ3v) is 8.99. The summed E-state index contributed by atoms with van der Waals surface area (Å²) >= 11 is 2.34. The molecule has 12 heteroatoms. The highest BCUT2D eigenvalue weighted by Crippen LogP contribution is 2.24. The average Bonchev–Trinajstić information content (AvgIpc) is 3.51. The summed E-state index contributed by atoms with van der Waals surface area (Å²) in [6, 6.07) is 8.17. The number of anilines is 2. The lowest BCUT2D eigenvalue weighted by Crippen LogP contribution is -2.36. The van der Waals surface area contributed by atoms with E-state index in [9.17, 15) is 13.2 Å². The fraction of sp³-hybridized carbons (Fsp3) is 0.350. The minimum Gasteiger partial charge on any atom is -0.473 e. The van der Waals surface area contributed by atoms with E-state index in [-0.39, 0.29) is 17.7 Å². The Balaban J connectivity index is 1.32. The highest BCUT2D eigenvalue weighted by molar-refractivity contribution is 7.92. The molecule has 32 heavy (non-hydrogen) atoms. The van der Waals surface area contributed by atoms with Gasteiger partial charge in [-0.25, -0.2) is 18.2 Å². The zero-order valence-corrected chi connectivity index (χ0v) is 19.7. The van der Waals surface area contributed by atoms with Crippen molar-refractivity contribution in [3.63, 3.8) is 0 Å². The number of thiazole rings is 1. The predicted octanol–water partition coefficient (Wildman–Crippen LogP) is 3.74. The van der Waals surface area contributed by atoms with E-state index in [4.69, 9.17) is 4.74 Å². The number of rotatable bonds is 8. The maximum Gasteiger partial charge on any atom is 0.326 e. The molecule has 4 rings (SSSR count). The molecule has 0 spiro atoms. The molecule has 3 aromatic heterocycles. The Morgan fingerprint density at radius 3 is 2.81 bits per heavy atom. The van der Waals surface area contributed by atoms with Crippen LogP contribution in [-0.4, -0.2) is 43.1 Å². The Kier molecular flexibility index (Phi) is 7.04. The van der Waals surface area contributed by atoms with Crippen LogP contribution in [0, 0.1) is 0 Å². The minimum atomic E-state index is -3.45. The van der Waals surface area contributed by atoms with Crippen molar-refractivity contribution < 1.29 is 17.9 Å². The second-order valence-corrected chi connectivity index (χ2v) is 11.4. The Bertz CT molecular complexity index is 1160. The first kappa shape index (κ1) is 22.6. The molecular weight excluding hydrogens is 470 g/mol. The zero-order valence-electron chi connectivity index (χ0n) is 17.3. The predicted molar refractivity (Wildman–Crippen MR) is 125 cm³/mol. The van der Waals surface area contributed by atoms with Gasteiger partial charge >= 0.3 is 6.03 Å². The largest absolute Gasteiger partial charge is 0.473 e. The highest BCUT2D eigenvalue weighted by atomic mass is 32.2. The van der Waals surface area contributed by atoms with Crippen molar-refractivity contribution >= 4 is 50.2 Å². The molecule has 0 bridgehead atoms. The van der Waals surface area contributed by atoms with Crippen molar-refractivity contribution in [3.05, 3.63) is 46.1 Å². The lowest BCUT2D eigenvalue weighted by molar-refractivity contribution is 0.173. The van der Waals surface area contributed by atoms with Gasteiger partial charge in [-0.2, -0.15) is 4.98 Å². The molecule has 3 aromatic rings. The van der Waals surface area contributed by atoms with Crippen LogP contribution >= 0.6 is 22.7 Å². The molecule has 1 saturated heterocycles. The van der Waals surface area contributed by atoms with Crippen molar-refractivity contribution in [1.82, 2.24) is 15.3 Å². The molecule has 1 aliphatic rings. The van der Waals surface area contributed by atoms with Crippen molar-refractivity contribution in [2.75, 3.05) is 17.2 Å². The van der Waals surface area contributed by atoms with Gasteiger partial charge in [-0.3, -0.25) is 10.6 Å². The summed E-state index contributed by atoms with van der Waals surface area (Å²) in [4.78, 5) is 20.9. The van der Waals surface area contributed by atoms with Gasteiger partial charge < -0.3 is 10.1 Å². The van der Waals surface area contributed by atoms with E-state index in [1.807, 2.05) is 6.92 Å². The van der Waals surface area contributed by atoms with E-state index < -0.39 is 15.9 Å². The van der Waals surface area contributed by atoms with Crippen molar-refractivity contribution in [2.24, 2.45) is 0 Å². The molecule has 4 heterocycles. The number of ether oxygens (including phenoxy) is 1. The van der Waals surface area contributed by atoms with Gasteiger partial charge in [0, 0.05) is 17.5 Å². The summed E-state index contributed by atoms with van der Waals surface area (Å²) in [6.45, 7) is 2.99. The molecule has 3 N–H and O–H groups in total. The monoisotopic (exact) mass is 493 g/mol. The van der Waals surface area contributed by atoms with Crippen LogP contribution in [0.2, 0.25) is 0 Å². The molecule has 9 nitrogen and oxygen atoms in total. The number of nitrogens with zero attached hydrogens (tertiary/aromatic N) is 2. The number of urea groups is 1. The smallest absolute Gasteiger partial charge is 0.326 e. The van der Waals surface area contributed by atoms with E-state index in [2.05, 4.69) is 25.9 Å². The lowest BCUT2D eigenvalue weighted by Gasteiger charge is -2.20. The van der Waals surface area contributed by atoms with Crippen LogP contribution < -0.4 is 20.7 Å². The third kappa shape index (κ3) is 5.82. The molecule has 0 aliphatic carbocycles. The summed E-state index contributed by atoms with van der Waals surface area (Å²) in [7, 11) is -3.45. The van der Waals surface area contributed by atoms with E-state index in [1.165, 1.54) is 22.7 Å². The molecule has 0 saturated carbocycles. The standard InChI is InChI=1S/C20H23N5O4S3/c1-13(14-5-3-9-21-14)29-17-7-2-6-15(22-17)24-20(26)25-16-11-31-18(23-16)12-32(27,28)19-8-4-10-30-19/h2,4,6-8,10-11,13-14,21H,3,5,9,12H2,1H3,(H2,22,24,25,26). The lowest BCUT2D eigenvalue weighted by atomic mass is 10.1. The van der Waals surface area contributed by atoms with Crippen LogP contribution in [0.4, 0.5) is 16.4 Å². The van der Waals surface area contributed by atoms with Crippen LogP contribution in [0.3, 0.4) is 0 Å². The number of thiophene rings is 1. The van der Waals surface area contributed by atoms with Gasteiger partial charge in [0.25, 0.3) is 0 Å². The van der Waals surface area contributed by atoms with Gasteiger partial charge in [-0.1, -0.05) is 12.1 Å². The Labute approximate surface area is 194 Å². The van der Waals surface area contributed by atoms with Gasteiger partial charge in [0.05, 0.1) is 0 Å². The topological polar surface area (TPSA) is 122 Å². The normalized spacial score (nSPS) is 17.1. The second-order valence-electron chi connectivity index (χ2n) is 7.28. The number of sulfone groups is 1. The summed E-state index contributed by atoms with van der Waals surface area (Å²) in [6.07, 6.45) is 2.16. The summed E-state index contributed by atoms with van der Waals surface area (Å²) in [5.41, 5.74) is 0. The zero-order chi connectivity index (χ0) is 22.6. The number of aromatic nitrogens is 2. The number of pyridine rings is 1. The van der Waals surface area contributed by atoms with Gasteiger partial charge in [-0.05, 0) is 43.8 Å². The summed E-state index contributed by atoms with van der Waals surface area (Å²) in [5, 5.41) is 12.4. The Hall–Kier alpha value is -2.54. The maximum atomic E-state index is 12.4. The number of carbonyl (C=O) groups excluding carboxylic acids is 1. The van der Waals surface area contributed by atoms with Gasteiger partial charge in [-0.15, -0.1) is 22.7 Å². The summed E-state index contributed by atoms with van der Waals surface area (Å²) < 4.78 is 31.0. The first-order valence-corrected chi connectivity index (χ1v) is 13.5. The Morgan fingerprint density at radius 2 is 2.06 bits per heavy atom.